The van der Waals surface area contributed by atoms with Crippen LogP contribution in [0.3, 0.4) is 0 Å². The molecule has 21 heteroatoms. The molecule has 1 saturated heterocycles. The highest BCUT2D eigenvalue weighted by atomic mass is 16.4. The molecule has 47 heavy (non-hydrogen) atoms. The van der Waals surface area contributed by atoms with Gasteiger partial charge in [-0.1, -0.05) is 0 Å². The minimum Gasteiger partial charge on any atom is -0.480 e. The van der Waals surface area contributed by atoms with Crippen molar-refractivity contribution < 1.29 is 34.2 Å². The van der Waals surface area contributed by atoms with Crippen molar-refractivity contribution in [2.75, 3.05) is 32.8 Å². The summed E-state index contributed by atoms with van der Waals surface area (Å²) < 4.78 is 0. The quantitative estimate of drug-likeness (QED) is 0.0290. The van der Waals surface area contributed by atoms with Gasteiger partial charge in [-0.15, -0.1) is 0 Å². The van der Waals surface area contributed by atoms with Crippen LogP contribution >= 0.6 is 0 Å². The van der Waals surface area contributed by atoms with Gasteiger partial charge < -0.3 is 71.2 Å². The van der Waals surface area contributed by atoms with Gasteiger partial charge in [0, 0.05) is 19.6 Å². The van der Waals surface area contributed by atoms with Crippen LogP contribution in [0.2, 0.25) is 0 Å². The molecule has 0 aromatic rings. The Balaban J connectivity index is 3.03. The lowest BCUT2D eigenvalue weighted by atomic mass is 10.1. The standard InChI is InChI=1S/C26H50N14O7/c27-24(28)34-10-2-6-15(20(43)39-17(23(46)47)8-4-12-36-26(31)32)38-22(45)18(13-41)40-21(44)16(7-3-11-35-25(29)30)37-19(42)14-5-1-9-33-14/h14-18,33,41H,1-13H2,(H,37,42)(H,38,45)(H,39,43)(H,40,44)(H,46,47)(H4,27,28,34)(H4,29,30,35)(H4,31,32,36)/t14-,15-,16-,17-,18-/m0/s1. The summed E-state index contributed by atoms with van der Waals surface area (Å²) in [6, 6.07) is -5.76. The van der Waals surface area contributed by atoms with E-state index in [1.165, 1.54) is 0 Å². The molecule has 0 aliphatic carbocycles. The second kappa shape index (κ2) is 21.8. The van der Waals surface area contributed by atoms with Gasteiger partial charge in [0.25, 0.3) is 0 Å². The Morgan fingerprint density at radius 1 is 0.660 bits per heavy atom. The van der Waals surface area contributed by atoms with Crippen LogP contribution in [-0.4, -0.2) is 121 Å². The number of hydrogen-bond donors (Lipinski definition) is 13. The lowest BCUT2D eigenvalue weighted by molar-refractivity contribution is -0.142. The van der Waals surface area contributed by atoms with Crippen LogP contribution in [0.15, 0.2) is 15.0 Å². The largest absolute Gasteiger partial charge is 0.480 e. The molecule has 19 N–H and O–H groups in total. The summed E-state index contributed by atoms with van der Waals surface area (Å²) in [5, 5.41) is 32.5. The topological polar surface area (TPSA) is 379 Å². The zero-order chi connectivity index (χ0) is 35.4. The fraction of sp³-hybridized carbons (Fsp3) is 0.692. The Hall–Kier alpha value is -4.92. The average molecular weight is 671 g/mol. The molecule has 21 nitrogen and oxygen atoms in total. The van der Waals surface area contributed by atoms with E-state index in [2.05, 4.69) is 41.6 Å². The number of nitrogens with two attached hydrogens (primary N) is 6. The maximum Gasteiger partial charge on any atom is 0.326 e. The molecule has 0 aromatic carbocycles. The molecule has 1 aliphatic rings. The molecule has 1 fully saturated rings. The van der Waals surface area contributed by atoms with E-state index in [1.54, 1.807) is 0 Å². The molecule has 0 unspecified atom stereocenters. The summed E-state index contributed by atoms with van der Waals surface area (Å²) in [6.07, 6.45) is 2.17. The number of amides is 4. The molecule has 266 valence electrons. The number of rotatable bonds is 22. The number of carboxylic acid groups (broad SMARTS) is 1. The summed E-state index contributed by atoms with van der Waals surface area (Å²) in [6.45, 7) is 0.195. The van der Waals surface area contributed by atoms with Gasteiger partial charge in [0.2, 0.25) is 23.6 Å². The van der Waals surface area contributed by atoms with Crippen LogP contribution in [0, 0.1) is 0 Å². The molecule has 1 heterocycles. The number of carboxylic acids is 1. The fourth-order valence-electron chi connectivity index (χ4n) is 4.50. The highest BCUT2D eigenvalue weighted by molar-refractivity contribution is 5.95. The number of guanidine groups is 3. The zero-order valence-electron chi connectivity index (χ0n) is 26.3. The Bertz CT molecular complexity index is 1130. The zero-order valence-corrected chi connectivity index (χ0v) is 26.3. The fourth-order valence-corrected chi connectivity index (χ4v) is 4.50. The van der Waals surface area contributed by atoms with Crippen molar-refractivity contribution in [2.45, 2.75) is 81.6 Å². The molecule has 0 radical (unpaired) electrons. The first-order valence-electron chi connectivity index (χ1n) is 15.2. The number of carbonyl (C=O) groups is 5. The smallest absolute Gasteiger partial charge is 0.326 e. The summed E-state index contributed by atoms with van der Waals surface area (Å²) in [5.74, 6) is -4.77. The molecule has 0 spiro atoms. The Morgan fingerprint density at radius 3 is 1.47 bits per heavy atom. The molecular formula is C26H50N14O7. The molecule has 1 rings (SSSR count). The van der Waals surface area contributed by atoms with Gasteiger partial charge in [-0.2, -0.15) is 0 Å². The van der Waals surface area contributed by atoms with E-state index in [4.69, 9.17) is 34.4 Å². The predicted octanol–water partition coefficient (Wildman–Crippen LogP) is -6.08. The first kappa shape index (κ1) is 40.1. The van der Waals surface area contributed by atoms with Gasteiger partial charge >= 0.3 is 5.97 Å². The van der Waals surface area contributed by atoms with E-state index in [1.807, 2.05) is 0 Å². The van der Waals surface area contributed by atoms with E-state index in [9.17, 15) is 34.2 Å². The number of aliphatic hydroxyl groups excluding tert-OH is 1. The highest BCUT2D eigenvalue weighted by Gasteiger charge is 2.32. The van der Waals surface area contributed by atoms with Crippen LogP contribution in [0.4, 0.5) is 0 Å². The normalized spacial score (nSPS) is 16.3. The van der Waals surface area contributed by atoms with Crippen LogP contribution in [0.25, 0.3) is 0 Å². The summed E-state index contributed by atoms with van der Waals surface area (Å²) in [5.41, 5.74) is 31.9. The number of aliphatic carboxylic acids is 1. The molecule has 1 aliphatic heterocycles. The van der Waals surface area contributed by atoms with E-state index in [-0.39, 0.29) is 69.6 Å². The Kier molecular flexibility index (Phi) is 18.6. The average Bonchev–Trinajstić information content (AvgIpc) is 3.55. The minimum atomic E-state index is -1.54. The molecule has 0 saturated carbocycles. The Labute approximate surface area is 272 Å². The first-order valence-corrected chi connectivity index (χ1v) is 15.2. The van der Waals surface area contributed by atoms with Crippen molar-refractivity contribution in [1.82, 2.24) is 26.6 Å². The number of nitrogens with zero attached hydrogens (tertiary/aromatic N) is 3. The molecular weight excluding hydrogens is 620 g/mol. The van der Waals surface area contributed by atoms with E-state index >= 15 is 0 Å². The highest BCUT2D eigenvalue weighted by Crippen LogP contribution is 2.08. The maximum atomic E-state index is 13.2. The van der Waals surface area contributed by atoms with Gasteiger partial charge in [0.15, 0.2) is 17.9 Å². The third-order valence-corrected chi connectivity index (χ3v) is 6.91. The van der Waals surface area contributed by atoms with E-state index < -0.39 is 66.4 Å². The van der Waals surface area contributed by atoms with Crippen molar-refractivity contribution in [3.05, 3.63) is 0 Å². The van der Waals surface area contributed by atoms with Crippen molar-refractivity contribution >= 4 is 47.5 Å². The van der Waals surface area contributed by atoms with Crippen LogP contribution in [-0.2, 0) is 24.0 Å². The second-order valence-electron chi connectivity index (χ2n) is 10.8. The first-order chi connectivity index (χ1) is 22.2. The van der Waals surface area contributed by atoms with E-state index in [0.717, 1.165) is 6.42 Å². The van der Waals surface area contributed by atoms with Gasteiger partial charge in [0.1, 0.15) is 24.2 Å². The van der Waals surface area contributed by atoms with E-state index in [0.29, 0.717) is 19.4 Å². The predicted molar refractivity (Wildman–Crippen MR) is 173 cm³/mol. The van der Waals surface area contributed by atoms with Gasteiger partial charge in [-0.3, -0.25) is 34.2 Å². The Morgan fingerprint density at radius 2 is 1.06 bits per heavy atom. The lowest BCUT2D eigenvalue weighted by Crippen LogP contribution is -2.59. The number of nitrogens with one attached hydrogen (secondary N) is 5. The monoisotopic (exact) mass is 670 g/mol. The maximum absolute atomic E-state index is 13.2. The van der Waals surface area contributed by atoms with Gasteiger partial charge in [-0.25, -0.2) is 4.79 Å². The number of carbonyl (C=O) groups excluding carboxylic acids is 4. The van der Waals surface area contributed by atoms with Crippen LogP contribution < -0.4 is 61.0 Å². The lowest BCUT2D eigenvalue weighted by Gasteiger charge is -2.25. The van der Waals surface area contributed by atoms with Gasteiger partial charge in [0.05, 0.1) is 12.6 Å². The third kappa shape index (κ3) is 16.8. The molecule has 4 amide bonds. The SMILES string of the molecule is NC(N)=NCCC[C@H](NC(=O)[C@H](CCCN=C(N)N)NC(=O)[C@H](CO)NC(=O)[C@H](CCCN=C(N)N)NC(=O)[C@@H]1CCCN1)C(=O)O. The summed E-state index contributed by atoms with van der Waals surface area (Å²) in [7, 11) is 0. The van der Waals surface area contributed by atoms with Crippen molar-refractivity contribution in [3.8, 4) is 0 Å². The summed E-state index contributed by atoms with van der Waals surface area (Å²) >= 11 is 0. The summed E-state index contributed by atoms with van der Waals surface area (Å²) in [4.78, 5) is 75.7. The van der Waals surface area contributed by atoms with Crippen LogP contribution in [0.1, 0.15) is 51.4 Å². The second-order valence-corrected chi connectivity index (χ2v) is 10.8. The van der Waals surface area contributed by atoms with Crippen LogP contribution in [0.5, 0.6) is 0 Å². The van der Waals surface area contributed by atoms with Crippen molar-refractivity contribution in [1.29, 1.82) is 0 Å². The van der Waals surface area contributed by atoms with Gasteiger partial charge in [-0.05, 0) is 57.9 Å². The third-order valence-electron chi connectivity index (χ3n) is 6.91. The van der Waals surface area contributed by atoms with Crippen molar-refractivity contribution in [2.24, 2.45) is 49.4 Å². The number of hydrogen-bond acceptors (Lipinski definition) is 10. The molecule has 5 atom stereocenters. The minimum absolute atomic E-state index is 0.0193. The number of aliphatic hydroxyl groups is 1. The molecule has 0 aromatic heterocycles. The molecule has 0 bridgehead atoms. The van der Waals surface area contributed by atoms with Crippen molar-refractivity contribution in [3.63, 3.8) is 0 Å². The number of aliphatic imine (C=N–C) groups is 3.